The molecule has 2 aromatic carbocycles. The van der Waals surface area contributed by atoms with Gasteiger partial charge in [-0.3, -0.25) is 9.59 Å². The lowest BCUT2D eigenvalue weighted by molar-refractivity contribution is -0.137. The van der Waals surface area contributed by atoms with Gasteiger partial charge in [0.2, 0.25) is 5.91 Å². The van der Waals surface area contributed by atoms with Crippen molar-refractivity contribution in [3.05, 3.63) is 58.9 Å². The fourth-order valence-corrected chi connectivity index (χ4v) is 6.68. The van der Waals surface area contributed by atoms with Crippen LogP contribution in [0.2, 0.25) is 0 Å². The number of hydrogen-bond donors (Lipinski definition) is 2. The molecule has 3 saturated carbocycles. The van der Waals surface area contributed by atoms with E-state index in [-0.39, 0.29) is 39.9 Å². The lowest BCUT2D eigenvalue weighted by Gasteiger charge is -2.32. The summed E-state index contributed by atoms with van der Waals surface area (Å²) in [4.78, 5) is 29.2. The SMILES string of the molecule is CS(=O)(=O)c1ccc(NC2CCC2)c(C(=O)N2[C@@H](C(=O)NC(c3ccc(C(F)(F)F)cc3F)C3CC3)C[C@H]3C[C@H]32)c1. The van der Waals surface area contributed by atoms with Crippen molar-refractivity contribution >= 4 is 27.3 Å². The molecular weight excluding hydrogens is 562 g/mol. The standard InChI is InChI=1S/C29H31F4N3O4S/c1-41(39,40)19-8-10-23(34-18-3-2-4-18)21(14-19)28(38)36-24-11-16(24)12-25(36)27(37)35-26(15-5-6-15)20-9-7-17(13-22(20)30)29(31,32)33/h7-10,13-16,18,24-26,34H,2-6,11-12H2,1H3,(H,35,37)/t16-,24-,25-,26?/m1/s1. The molecule has 1 saturated heterocycles. The number of nitrogens with zero attached hydrogens (tertiary/aromatic N) is 1. The van der Waals surface area contributed by atoms with Gasteiger partial charge in [0.25, 0.3) is 5.91 Å². The van der Waals surface area contributed by atoms with Gasteiger partial charge < -0.3 is 15.5 Å². The molecule has 4 fully saturated rings. The Labute approximate surface area is 235 Å². The highest BCUT2D eigenvalue weighted by Gasteiger charge is 2.57. The fourth-order valence-electron chi connectivity index (χ4n) is 6.04. The molecule has 1 unspecified atom stereocenters. The van der Waals surface area contributed by atoms with Crippen LogP contribution in [0.3, 0.4) is 0 Å². The van der Waals surface area contributed by atoms with E-state index in [1.807, 2.05) is 0 Å². The number of hydrogen-bond acceptors (Lipinski definition) is 5. The largest absolute Gasteiger partial charge is 0.416 e. The molecule has 0 aromatic heterocycles. The molecule has 0 spiro atoms. The van der Waals surface area contributed by atoms with Gasteiger partial charge in [0.05, 0.1) is 22.1 Å². The Balaban J connectivity index is 1.27. The van der Waals surface area contributed by atoms with Gasteiger partial charge in [0.15, 0.2) is 9.84 Å². The smallest absolute Gasteiger partial charge is 0.382 e. The highest BCUT2D eigenvalue weighted by atomic mass is 32.2. The molecular formula is C29H31F4N3O4S. The average Bonchev–Trinajstić information content (AvgIpc) is 3.81. The number of piperidine rings is 1. The number of anilines is 1. The van der Waals surface area contributed by atoms with Crippen LogP contribution in [0.25, 0.3) is 0 Å². The van der Waals surface area contributed by atoms with E-state index in [4.69, 9.17) is 0 Å². The molecule has 2 N–H and O–H groups in total. The summed E-state index contributed by atoms with van der Waals surface area (Å²) in [6.45, 7) is 0. The minimum absolute atomic E-state index is 0.000804. The first-order valence-electron chi connectivity index (χ1n) is 13.9. The molecule has 3 aliphatic carbocycles. The fraction of sp³-hybridized carbons (Fsp3) is 0.517. The molecule has 4 atom stereocenters. The molecule has 7 nitrogen and oxygen atoms in total. The van der Waals surface area contributed by atoms with E-state index in [9.17, 15) is 35.6 Å². The third-order valence-corrected chi connectivity index (χ3v) is 9.92. The first kappa shape index (κ1) is 28.0. The van der Waals surface area contributed by atoms with Crippen LogP contribution in [0.4, 0.5) is 23.2 Å². The Morgan fingerprint density at radius 3 is 2.34 bits per heavy atom. The molecule has 6 rings (SSSR count). The van der Waals surface area contributed by atoms with Crippen molar-refractivity contribution in [1.29, 1.82) is 0 Å². The predicted molar refractivity (Wildman–Crippen MR) is 142 cm³/mol. The van der Waals surface area contributed by atoms with Crippen LogP contribution in [-0.2, 0) is 20.8 Å². The summed E-state index contributed by atoms with van der Waals surface area (Å²) in [5.41, 5.74) is -0.423. The van der Waals surface area contributed by atoms with E-state index < -0.39 is 51.3 Å². The first-order valence-corrected chi connectivity index (χ1v) is 15.8. The number of halogens is 4. The number of sulfone groups is 1. The number of rotatable bonds is 8. The van der Waals surface area contributed by atoms with E-state index in [1.165, 1.54) is 17.0 Å². The van der Waals surface area contributed by atoms with Crippen LogP contribution in [-0.4, -0.2) is 49.5 Å². The number of nitrogens with one attached hydrogen (secondary N) is 2. The second kappa shape index (κ2) is 9.99. The van der Waals surface area contributed by atoms with Gasteiger partial charge in [-0.2, -0.15) is 13.2 Å². The van der Waals surface area contributed by atoms with Crippen LogP contribution in [0, 0.1) is 17.7 Å². The average molecular weight is 594 g/mol. The topological polar surface area (TPSA) is 95.6 Å². The van der Waals surface area contributed by atoms with Crippen molar-refractivity contribution in [2.24, 2.45) is 11.8 Å². The summed E-state index contributed by atoms with van der Waals surface area (Å²) in [7, 11) is -3.60. The number of carbonyl (C=O) groups is 2. The molecule has 0 radical (unpaired) electrons. The summed E-state index contributed by atoms with van der Waals surface area (Å²) >= 11 is 0. The van der Waals surface area contributed by atoms with Gasteiger partial charge >= 0.3 is 6.18 Å². The zero-order valence-electron chi connectivity index (χ0n) is 22.4. The number of fused-ring (bicyclic) bond motifs is 1. The van der Waals surface area contributed by atoms with E-state index in [1.54, 1.807) is 6.07 Å². The van der Waals surface area contributed by atoms with E-state index in [0.717, 1.165) is 44.1 Å². The van der Waals surface area contributed by atoms with Crippen LogP contribution < -0.4 is 10.6 Å². The zero-order chi connectivity index (χ0) is 29.3. The molecule has 41 heavy (non-hydrogen) atoms. The van der Waals surface area contributed by atoms with Crippen molar-refractivity contribution < 1.29 is 35.6 Å². The number of amides is 2. The molecule has 12 heteroatoms. The predicted octanol–water partition coefficient (Wildman–Crippen LogP) is 5.08. The molecule has 4 aliphatic rings. The quantitative estimate of drug-likeness (QED) is 0.416. The second-order valence-electron chi connectivity index (χ2n) is 11.8. The van der Waals surface area contributed by atoms with Gasteiger partial charge in [0.1, 0.15) is 11.9 Å². The minimum atomic E-state index is -4.69. The van der Waals surface area contributed by atoms with Crippen molar-refractivity contribution in [3.8, 4) is 0 Å². The number of alkyl halides is 3. The monoisotopic (exact) mass is 593 g/mol. The van der Waals surface area contributed by atoms with Crippen molar-refractivity contribution in [3.63, 3.8) is 0 Å². The summed E-state index contributed by atoms with van der Waals surface area (Å²) in [6.07, 6.45) is 1.83. The maximum Gasteiger partial charge on any atom is 0.416 e. The molecule has 1 aliphatic heterocycles. The Bertz CT molecular complexity index is 1500. The maximum absolute atomic E-state index is 14.9. The van der Waals surface area contributed by atoms with Crippen LogP contribution >= 0.6 is 0 Å². The highest BCUT2D eigenvalue weighted by molar-refractivity contribution is 7.90. The van der Waals surface area contributed by atoms with E-state index in [2.05, 4.69) is 10.6 Å². The van der Waals surface area contributed by atoms with Gasteiger partial charge in [-0.1, -0.05) is 6.07 Å². The van der Waals surface area contributed by atoms with Crippen LogP contribution in [0.1, 0.15) is 72.5 Å². The van der Waals surface area contributed by atoms with E-state index >= 15 is 0 Å². The van der Waals surface area contributed by atoms with E-state index in [0.29, 0.717) is 31.0 Å². The molecule has 0 bridgehead atoms. The van der Waals surface area contributed by atoms with Crippen molar-refractivity contribution in [1.82, 2.24) is 10.2 Å². The number of carbonyl (C=O) groups excluding carboxylic acids is 2. The van der Waals surface area contributed by atoms with Crippen molar-refractivity contribution in [2.75, 3.05) is 11.6 Å². The molecule has 1 heterocycles. The van der Waals surface area contributed by atoms with Gasteiger partial charge in [-0.15, -0.1) is 0 Å². The van der Waals surface area contributed by atoms with Gasteiger partial charge in [-0.05, 0) is 87.1 Å². The summed E-state index contributed by atoms with van der Waals surface area (Å²) in [6, 6.07) is 5.07. The zero-order valence-corrected chi connectivity index (χ0v) is 23.2. The highest BCUT2D eigenvalue weighted by Crippen LogP contribution is 2.50. The number of benzene rings is 2. The third-order valence-electron chi connectivity index (χ3n) is 8.81. The van der Waals surface area contributed by atoms with Gasteiger partial charge in [0, 0.05) is 29.6 Å². The second-order valence-corrected chi connectivity index (χ2v) is 13.9. The Morgan fingerprint density at radius 1 is 1.02 bits per heavy atom. The van der Waals surface area contributed by atoms with Crippen LogP contribution in [0.15, 0.2) is 41.3 Å². The Kier molecular flexibility index (Phi) is 6.82. The minimum Gasteiger partial charge on any atom is -0.382 e. The number of likely N-dealkylation sites (tertiary alicyclic amines) is 1. The maximum atomic E-state index is 14.9. The first-order chi connectivity index (χ1) is 19.3. The molecule has 2 amide bonds. The van der Waals surface area contributed by atoms with Gasteiger partial charge in [-0.25, -0.2) is 12.8 Å². The lowest BCUT2D eigenvalue weighted by atomic mass is 9.92. The van der Waals surface area contributed by atoms with Crippen LogP contribution in [0.5, 0.6) is 0 Å². The molecule has 220 valence electrons. The lowest BCUT2D eigenvalue weighted by Crippen LogP contribution is -2.49. The summed E-state index contributed by atoms with van der Waals surface area (Å²) < 4.78 is 78.7. The summed E-state index contributed by atoms with van der Waals surface area (Å²) in [5.74, 6) is -1.97. The van der Waals surface area contributed by atoms with Crippen molar-refractivity contribution in [2.45, 2.75) is 80.2 Å². The normalized spacial score (nSPS) is 24.8. The molecule has 2 aromatic rings. The Hall–Kier alpha value is -3.15. The Morgan fingerprint density at radius 2 is 1.76 bits per heavy atom. The summed E-state index contributed by atoms with van der Waals surface area (Å²) in [5, 5.41) is 6.18. The third kappa shape index (κ3) is 5.54.